The number of aromatic amines is 1. The summed E-state index contributed by atoms with van der Waals surface area (Å²) < 4.78 is 2.21. The van der Waals surface area contributed by atoms with E-state index in [9.17, 15) is 14.4 Å². The number of Topliss-reactive ketones (excluding diaryl/α,β-unsaturated/α-hetero) is 3. The minimum Gasteiger partial charge on any atom is -0.354 e. The van der Waals surface area contributed by atoms with Gasteiger partial charge in [-0.25, -0.2) is 4.98 Å². The average Bonchev–Trinajstić information content (AvgIpc) is 3.86. The topological polar surface area (TPSA) is 97.2 Å². The summed E-state index contributed by atoms with van der Waals surface area (Å²) >= 11 is 0. The smallest absolute Gasteiger partial charge is 0.165 e. The van der Waals surface area contributed by atoms with Crippen LogP contribution in [0.5, 0.6) is 0 Å². The Kier molecular flexibility index (Phi) is 10.6. The maximum absolute atomic E-state index is 12.3. The van der Waals surface area contributed by atoms with E-state index in [1.807, 2.05) is 48.5 Å². The molecule has 1 atom stereocenters. The monoisotopic (exact) mass is 826 g/mol. The molecule has 4 aliphatic rings. The zero-order valence-electron chi connectivity index (χ0n) is 36.1. The fourth-order valence-corrected chi connectivity index (χ4v) is 9.89. The average molecular weight is 827 g/mol. The molecule has 0 spiro atoms. The number of H-pyrrole nitrogens is 1. The lowest BCUT2D eigenvalue weighted by molar-refractivity contribution is 0.0974. The Morgan fingerprint density at radius 1 is 0.571 bits per heavy atom. The number of rotatable bonds is 3. The lowest BCUT2D eigenvalue weighted by Gasteiger charge is -2.14. The van der Waals surface area contributed by atoms with E-state index >= 15 is 0 Å². The third-order valence-electron chi connectivity index (χ3n) is 13.1. The molecule has 0 radical (unpaired) electrons. The molecular formula is C56H50N4O3. The standard InChI is InChI=1S/2C19H17NO.C18H16N2O/c2*1-12-8-10-13(11-9-12)19-15-5-3-7-17(21)14-4-2-6-16(20-19)18(14)15;1-12-7-9-13(10-8-12)18-19-15-5-2-4-14-16(21)6-3-11-20(18)17(14)15/h2,4,6,8-11,20H,3,5,7H2,1H3;2,4,6,8-11,15H,3,5,7H2,1H3;2,4-5,7-10H,3,6,11H2,1H3. The molecule has 12 rings (SSSR count). The van der Waals surface area contributed by atoms with Gasteiger partial charge >= 0.3 is 0 Å². The summed E-state index contributed by atoms with van der Waals surface area (Å²) in [6.45, 7) is 7.12. The van der Waals surface area contributed by atoms with Crippen molar-refractivity contribution < 1.29 is 14.4 Å². The molecule has 2 aliphatic heterocycles. The Morgan fingerprint density at radius 3 is 1.90 bits per heavy atom. The first-order valence-electron chi connectivity index (χ1n) is 22.4. The van der Waals surface area contributed by atoms with Crippen LogP contribution in [-0.2, 0) is 13.0 Å². The Labute approximate surface area is 368 Å². The number of ketones is 3. The van der Waals surface area contributed by atoms with Gasteiger partial charge in [0.2, 0.25) is 0 Å². The van der Waals surface area contributed by atoms with Crippen molar-refractivity contribution in [3.63, 3.8) is 0 Å². The van der Waals surface area contributed by atoms with Gasteiger partial charge in [-0.1, -0.05) is 120 Å². The summed E-state index contributed by atoms with van der Waals surface area (Å²) in [5.41, 5.74) is 18.6. The van der Waals surface area contributed by atoms with Gasteiger partial charge in [-0.05, 0) is 99.4 Å². The predicted molar refractivity (Wildman–Crippen MR) is 254 cm³/mol. The molecular weight excluding hydrogens is 777 g/mol. The number of para-hydroxylation sites is 1. The Morgan fingerprint density at radius 2 is 1.16 bits per heavy atom. The van der Waals surface area contributed by atoms with Crippen molar-refractivity contribution in [2.75, 3.05) is 0 Å². The van der Waals surface area contributed by atoms with Gasteiger partial charge < -0.3 is 9.55 Å². The van der Waals surface area contributed by atoms with Crippen molar-refractivity contribution in [2.24, 2.45) is 4.99 Å². The van der Waals surface area contributed by atoms with Crippen LogP contribution < -0.4 is 0 Å². The summed E-state index contributed by atoms with van der Waals surface area (Å²) in [4.78, 5) is 49.9. The number of carbonyl (C=O) groups is 3. The molecule has 0 bridgehead atoms. The number of carbonyl (C=O) groups excluding carboxylic acids is 3. The number of nitrogens with zero attached hydrogens (tertiary/aromatic N) is 3. The van der Waals surface area contributed by atoms with Crippen LogP contribution in [0.3, 0.4) is 0 Å². The lowest BCUT2D eigenvalue weighted by atomic mass is 9.87. The molecule has 312 valence electrons. The molecule has 1 unspecified atom stereocenters. The maximum atomic E-state index is 12.3. The highest BCUT2D eigenvalue weighted by Crippen LogP contribution is 2.45. The SMILES string of the molecule is Cc1ccc(-c2[nH]c3cccc4c3c2CCCC4=O)cc1.Cc1ccc(-c2nc3cccc4c3n2CCCC4=O)cc1.Cc1ccc(C2=Nc3cccc4c3C2CCCC4=O)cc1. The molecule has 6 aromatic carbocycles. The van der Waals surface area contributed by atoms with Crippen molar-refractivity contribution in [1.29, 1.82) is 0 Å². The summed E-state index contributed by atoms with van der Waals surface area (Å²) in [6.07, 6.45) is 6.66. The molecule has 2 aromatic heterocycles. The molecule has 0 saturated carbocycles. The van der Waals surface area contributed by atoms with Crippen LogP contribution >= 0.6 is 0 Å². The third kappa shape index (κ3) is 7.56. The molecule has 0 saturated heterocycles. The van der Waals surface area contributed by atoms with Crippen LogP contribution in [0.25, 0.3) is 44.6 Å². The van der Waals surface area contributed by atoms with E-state index < -0.39 is 0 Å². The summed E-state index contributed by atoms with van der Waals surface area (Å²) in [5, 5.41) is 1.13. The Balaban J connectivity index is 0.000000112. The van der Waals surface area contributed by atoms with Crippen molar-refractivity contribution in [1.82, 2.24) is 14.5 Å². The molecule has 7 nitrogen and oxygen atoms in total. The van der Waals surface area contributed by atoms with Gasteiger partial charge in [0.1, 0.15) is 5.82 Å². The number of aliphatic imine (C=N–C) groups is 1. The molecule has 63 heavy (non-hydrogen) atoms. The molecule has 0 fully saturated rings. The highest BCUT2D eigenvalue weighted by molar-refractivity contribution is 6.13. The molecule has 1 N–H and O–H groups in total. The second kappa shape index (κ2) is 16.7. The van der Waals surface area contributed by atoms with Crippen LogP contribution in [0.1, 0.15) is 115 Å². The van der Waals surface area contributed by atoms with E-state index in [0.29, 0.717) is 19.3 Å². The molecule has 7 heteroatoms. The fourth-order valence-electron chi connectivity index (χ4n) is 9.89. The van der Waals surface area contributed by atoms with Crippen molar-refractivity contribution in [2.45, 2.75) is 84.6 Å². The van der Waals surface area contributed by atoms with Crippen LogP contribution in [-0.4, -0.2) is 37.6 Å². The number of aromatic nitrogens is 3. The number of hydrogen-bond donors (Lipinski definition) is 1. The second-order valence-corrected chi connectivity index (χ2v) is 17.5. The normalized spacial score (nSPS) is 16.3. The van der Waals surface area contributed by atoms with Gasteiger partial charge in [-0.3, -0.25) is 19.4 Å². The van der Waals surface area contributed by atoms with E-state index in [1.54, 1.807) is 0 Å². The largest absolute Gasteiger partial charge is 0.354 e. The first kappa shape index (κ1) is 40.1. The lowest BCUT2D eigenvalue weighted by Crippen LogP contribution is -2.10. The number of hydrogen-bond acceptors (Lipinski definition) is 5. The van der Waals surface area contributed by atoms with E-state index in [1.165, 1.54) is 39.1 Å². The van der Waals surface area contributed by atoms with E-state index in [-0.39, 0.29) is 23.3 Å². The summed E-state index contributed by atoms with van der Waals surface area (Å²) in [5.74, 6) is 2.02. The van der Waals surface area contributed by atoms with Gasteiger partial charge in [0, 0.05) is 70.6 Å². The van der Waals surface area contributed by atoms with Crippen LogP contribution in [0, 0.1) is 20.8 Å². The zero-order valence-corrected chi connectivity index (χ0v) is 36.1. The van der Waals surface area contributed by atoms with Crippen LogP contribution in [0.2, 0.25) is 0 Å². The second-order valence-electron chi connectivity index (χ2n) is 17.5. The van der Waals surface area contributed by atoms with Crippen LogP contribution in [0.4, 0.5) is 5.69 Å². The van der Waals surface area contributed by atoms with Gasteiger partial charge in [0.05, 0.1) is 22.4 Å². The first-order chi connectivity index (χ1) is 30.7. The minimum atomic E-state index is 0.231. The van der Waals surface area contributed by atoms with Crippen molar-refractivity contribution in [3.05, 3.63) is 177 Å². The van der Waals surface area contributed by atoms with Crippen LogP contribution in [0.15, 0.2) is 132 Å². The minimum absolute atomic E-state index is 0.231. The van der Waals surface area contributed by atoms with E-state index in [4.69, 9.17) is 9.98 Å². The van der Waals surface area contributed by atoms with Gasteiger partial charge in [-0.2, -0.15) is 0 Å². The van der Waals surface area contributed by atoms with Crippen molar-refractivity contribution in [3.8, 4) is 22.6 Å². The predicted octanol–water partition coefficient (Wildman–Crippen LogP) is 13.2. The third-order valence-corrected chi connectivity index (χ3v) is 13.1. The molecule has 8 aromatic rings. The highest BCUT2D eigenvalue weighted by Gasteiger charge is 2.34. The number of imidazole rings is 1. The first-order valence-corrected chi connectivity index (χ1v) is 22.4. The highest BCUT2D eigenvalue weighted by atomic mass is 16.1. The number of nitrogens with one attached hydrogen (secondary N) is 1. The molecule has 4 heterocycles. The Hall–Kier alpha value is -6.99. The number of aryl methyl sites for hydroxylation is 5. The van der Waals surface area contributed by atoms with Gasteiger partial charge in [0.25, 0.3) is 0 Å². The summed E-state index contributed by atoms with van der Waals surface area (Å²) in [6, 6.07) is 43.3. The van der Waals surface area contributed by atoms with E-state index in [2.05, 4.69) is 109 Å². The summed E-state index contributed by atoms with van der Waals surface area (Å²) in [7, 11) is 0. The Bertz CT molecular complexity index is 2970. The molecule has 2 aliphatic carbocycles. The molecule has 0 amide bonds. The van der Waals surface area contributed by atoms with E-state index in [0.717, 1.165) is 106 Å². The zero-order chi connectivity index (χ0) is 43.2. The van der Waals surface area contributed by atoms with Gasteiger partial charge in [-0.15, -0.1) is 0 Å². The maximum Gasteiger partial charge on any atom is 0.165 e. The quantitative estimate of drug-likeness (QED) is 0.192. The van der Waals surface area contributed by atoms with Crippen molar-refractivity contribution >= 4 is 50.7 Å². The fraction of sp³-hybridized carbons (Fsp3) is 0.232. The van der Waals surface area contributed by atoms with Gasteiger partial charge in [0.15, 0.2) is 17.3 Å². The number of benzene rings is 6.